The van der Waals surface area contributed by atoms with Crippen LogP contribution in [-0.4, -0.2) is 31.4 Å². The molecule has 0 aromatic heterocycles. The van der Waals surface area contributed by atoms with Crippen LogP contribution in [0.4, 0.5) is 0 Å². The summed E-state index contributed by atoms with van der Waals surface area (Å²) in [4.78, 5) is 12.6. The van der Waals surface area contributed by atoms with E-state index < -0.39 is 0 Å². The number of esters is 1. The minimum absolute atomic E-state index is 0.0441. The molecule has 0 spiro atoms. The highest BCUT2D eigenvalue weighted by Gasteiger charge is 2.33. The van der Waals surface area contributed by atoms with Gasteiger partial charge >= 0.3 is 5.97 Å². The summed E-state index contributed by atoms with van der Waals surface area (Å²) in [6.45, 7) is 7.76. The van der Waals surface area contributed by atoms with E-state index in [1.54, 1.807) is 0 Å². The minimum Gasteiger partial charge on any atom is -0.426 e. The number of carbonyl (C=O) groups excluding carboxylic acids is 1. The Morgan fingerprint density at radius 3 is 1.91 bits per heavy atom. The molecule has 4 heteroatoms. The van der Waals surface area contributed by atoms with Gasteiger partial charge in [0.15, 0.2) is 0 Å². The van der Waals surface area contributed by atoms with Crippen LogP contribution >= 0.6 is 0 Å². The van der Waals surface area contributed by atoms with Crippen molar-refractivity contribution in [3.05, 3.63) is 42.0 Å². The van der Waals surface area contributed by atoms with Gasteiger partial charge in [-0.2, -0.15) is 0 Å². The van der Waals surface area contributed by atoms with Crippen LogP contribution in [-0.2, 0) is 14.3 Å². The summed E-state index contributed by atoms with van der Waals surface area (Å²) < 4.78 is 17.8. The number of ether oxygens (including phenoxy) is 3. The Labute approximate surface area is 206 Å². The molecule has 0 heterocycles. The average molecular weight is 469 g/mol. The second-order valence-corrected chi connectivity index (χ2v) is 10.9. The Hall–Kier alpha value is -1.65. The molecule has 3 aliphatic carbocycles. The normalized spacial score (nSPS) is 28.6. The van der Waals surface area contributed by atoms with Gasteiger partial charge in [0.1, 0.15) is 5.75 Å². The molecule has 188 valence electrons. The predicted octanol–water partition coefficient (Wildman–Crippen LogP) is 7.19. The lowest BCUT2D eigenvalue weighted by molar-refractivity contribution is -0.140. The Kier molecular flexibility index (Phi) is 9.64. The standard InChI is InChI=1S/C30H44O4/c1-22-4-14-27(15-5-22)32-20-3-21-33-28-18-12-25(13-19-28)24-8-10-26(11-9-24)30(31)34-29-16-6-23(2)7-17-29/h6-7,16-17,24-28H,1,3-5,8-15,18-21H2,2H3. The molecular formula is C30H44O4. The highest BCUT2D eigenvalue weighted by atomic mass is 16.5. The largest absolute Gasteiger partial charge is 0.426 e. The van der Waals surface area contributed by atoms with Crippen LogP contribution in [0, 0.1) is 24.7 Å². The lowest BCUT2D eigenvalue weighted by Crippen LogP contribution is -2.31. The van der Waals surface area contributed by atoms with Gasteiger partial charge in [0.05, 0.1) is 18.1 Å². The third-order valence-electron chi connectivity index (χ3n) is 8.37. The third-order valence-corrected chi connectivity index (χ3v) is 8.37. The van der Waals surface area contributed by atoms with Gasteiger partial charge in [-0.15, -0.1) is 0 Å². The molecule has 4 nitrogen and oxygen atoms in total. The quantitative estimate of drug-likeness (QED) is 0.166. The van der Waals surface area contributed by atoms with E-state index in [0.717, 1.165) is 82.8 Å². The predicted molar refractivity (Wildman–Crippen MR) is 136 cm³/mol. The van der Waals surface area contributed by atoms with Crippen molar-refractivity contribution in [1.29, 1.82) is 0 Å². The molecule has 0 atom stereocenters. The first-order chi connectivity index (χ1) is 16.6. The van der Waals surface area contributed by atoms with Gasteiger partial charge in [0.2, 0.25) is 0 Å². The van der Waals surface area contributed by atoms with Crippen molar-refractivity contribution in [2.75, 3.05) is 13.2 Å². The van der Waals surface area contributed by atoms with E-state index in [2.05, 4.69) is 6.58 Å². The van der Waals surface area contributed by atoms with Crippen LogP contribution in [0.15, 0.2) is 36.4 Å². The molecule has 4 rings (SSSR count). The minimum atomic E-state index is -0.0441. The van der Waals surface area contributed by atoms with Crippen LogP contribution in [0.1, 0.15) is 89.0 Å². The number of hydrogen-bond acceptors (Lipinski definition) is 4. The SMILES string of the molecule is C=C1CCC(OCCCOC2CCC(C3CCC(C(=O)Oc4ccc(C)cc4)CC3)CC2)CC1. The van der Waals surface area contributed by atoms with E-state index in [-0.39, 0.29) is 11.9 Å². The Morgan fingerprint density at radius 1 is 0.794 bits per heavy atom. The van der Waals surface area contributed by atoms with E-state index in [0.29, 0.717) is 18.0 Å². The summed E-state index contributed by atoms with van der Waals surface area (Å²) in [5.74, 6) is 2.26. The molecule has 1 aromatic carbocycles. The molecule has 0 aliphatic heterocycles. The fraction of sp³-hybridized carbons (Fsp3) is 0.700. The Morgan fingerprint density at radius 2 is 1.32 bits per heavy atom. The van der Waals surface area contributed by atoms with Crippen LogP contribution in [0.2, 0.25) is 0 Å². The summed E-state index contributed by atoms with van der Waals surface area (Å²) in [6.07, 6.45) is 15.6. The van der Waals surface area contributed by atoms with Gasteiger partial charge in [-0.1, -0.05) is 29.8 Å². The first-order valence-electron chi connectivity index (χ1n) is 13.7. The van der Waals surface area contributed by atoms with Gasteiger partial charge in [-0.25, -0.2) is 0 Å². The van der Waals surface area contributed by atoms with E-state index in [9.17, 15) is 4.79 Å². The van der Waals surface area contributed by atoms with Crippen LogP contribution in [0.5, 0.6) is 5.75 Å². The van der Waals surface area contributed by atoms with E-state index in [1.807, 2.05) is 31.2 Å². The highest BCUT2D eigenvalue weighted by molar-refractivity contribution is 5.75. The molecule has 1 aromatic rings. The van der Waals surface area contributed by atoms with Gasteiger partial charge in [-0.3, -0.25) is 4.79 Å². The first kappa shape index (κ1) is 25.4. The van der Waals surface area contributed by atoms with Crippen molar-refractivity contribution in [3.8, 4) is 5.75 Å². The van der Waals surface area contributed by atoms with Crippen molar-refractivity contribution in [1.82, 2.24) is 0 Å². The first-order valence-corrected chi connectivity index (χ1v) is 13.7. The number of rotatable bonds is 9. The second kappa shape index (κ2) is 12.9. The molecule has 0 bridgehead atoms. The molecule has 0 N–H and O–H groups in total. The van der Waals surface area contributed by atoms with Crippen molar-refractivity contribution in [3.63, 3.8) is 0 Å². The van der Waals surface area contributed by atoms with Crippen molar-refractivity contribution in [2.45, 2.75) is 103 Å². The molecule has 0 radical (unpaired) electrons. The number of hydrogen-bond donors (Lipinski definition) is 0. The summed E-state index contributed by atoms with van der Waals surface area (Å²) in [7, 11) is 0. The molecule has 3 fully saturated rings. The van der Waals surface area contributed by atoms with E-state index in [1.165, 1.54) is 36.8 Å². The summed E-state index contributed by atoms with van der Waals surface area (Å²) >= 11 is 0. The monoisotopic (exact) mass is 468 g/mol. The zero-order valence-electron chi connectivity index (χ0n) is 21.1. The maximum atomic E-state index is 12.6. The van der Waals surface area contributed by atoms with Crippen LogP contribution in [0.3, 0.4) is 0 Å². The van der Waals surface area contributed by atoms with Gasteiger partial charge < -0.3 is 14.2 Å². The van der Waals surface area contributed by atoms with Crippen molar-refractivity contribution in [2.24, 2.45) is 17.8 Å². The Balaban J connectivity index is 1.06. The molecule has 0 unspecified atom stereocenters. The molecule has 34 heavy (non-hydrogen) atoms. The summed E-state index contributed by atoms with van der Waals surface area (Å²) in [5, 5.41) is 0. The van der Waals surface area contributed by atoms with Crippen LogP contribution < -0.4 is 4.74 Å². The number of aryl methyl sites for hydroxylation is 1. The van der Waals surface area contributed by atoms with Gasteiger partial charge in [0.25, 0.3) is 0 Å². The lowest BCUT2D eigenvalue weighted by Gasteiger charge is -2.37. The van der Waals surface area contributed by atoms with Gasteiger partial charge in [-0.05, 0) is 114 Å². The maximum Gasteiger partial charge on any atom is 0.314 e. The second-order valence-electron chi connectivity index (χ2n) is 10.9. The van der Waals surface area contributed by atoms with Gasteiger partial charge in [0, 0.05) is 13.2 Å². The zero-order valence-corrected chi connectivity index (χ0v) is 21.1. The fourth-order valence-corrected chi connectivity index (χ4v) is 6.08. The molecule has 3 saturated carbocycles. The maximum absolute atomic E-state index is 12.6. The van der Waals surface area contributed by atoms with Crippen LogP contribution in [0.25, 0.3) is 0 Å². The summed E-state index contributed by atoms with van der Waals surface area (Å²) in [5.41, 5.74) is 2.56. The molecule has 3 aliphatic rings. The smallest absolute Gasteiger partial charge is 0.314 e. The average Bonchev–Trinajstić information content (AvgIpc) is 2.87. The fourth-order valence-electron chi connectivity index (χ4n) is 6.08. The summed E-state index contributed by atoms with van der Waals surface area (Å²) in [6, 6.07) is 7.76. The van der Waals surface area contributed by atoms with Crippen molar-refractivity contribution < 1.29 is 19.0 Å². The highest BCUT2D eigenvalue weighted by Crippen LogP contribution is 2.41. The number of benzene rings is 1. The lowest BCUT2D eigenvalue weighted by atomic mass is 9.70. The number of allylic oxidation sites excluding steroid dienone is 1. The van der Waals surface area contributed by atoms with E-state index in [4.69, 9.17) is 14.2 Å². The molecular weight excluding hydrogens is 424 g/mol. The molecule has 0 saturated heterocycles. The van der Waals surface area contributed by atoms with E-state index >= 15 is 0 Å². The topological polar surface area (TPSA) is 44.8 Å². The molecule has 0 amide bonds. The van der Waals surface area contributed by atoms with Crippen molar-refractivity contribution >= 4 is 5.97 Å². The zero-order chi connectivity index (χ0) is 23.8. The third kappa shape index (κ3) is 7.68. The number of carbonyl (C=O) groups is 1. The Bertz CT molecular complexity index is 759.